The Morgan fingerprint density at radius 3 is 2.33 bits per heavy atom. The van der Waals surface area contributed by atoms with Crippen LogP contribution in [0.5, 0.6) is 0 Å². The van der Waals surface area contributed by atoms with Gasteiger partial charge in [0, 0.05) is 0 Å². The fourth-order valence-electron chi connectivity index (χ4n) is 2.46. The van der Waals surface area contributed by atoms with Crippen molar-refractivity contribution in [3.05, 3.63) is 0 Å². The molecule has 0 radical (unpaired) electrons. The van der Waals surface area contributed by atoms with E-state index in [9.17, 15) is 0 Å². The van der Waals surface area contributed by atoms with Gasteiger partial charge < -0.3 is 5.32 Å². The van der Waals surface area contributed by atoms with Gasteiger partial charge in [-0.2, -0.15) is 0 Å². The lowest BCUT2D eigenvalue weighted by atomic mass is 9.83. The average Bonchev–Trinajstić information content (AvgIpc) is 2.55. The lowest BCUT2D eigenvalue weighted by Gasteiger charge is -2.25. The van der Waals surface area contributed by atoms with Gasteiger partial charge in [-0.05, 0) is 31.3 Å². The van der Waals surface area contributed by atoms with Crippen molar-refractivity contribution in [3.8, 4) is 0 Å². The molecule has 0 aliphatic heterocycles. The predicted octanol–water partition coefficient (Wildman–Crippen LogP) is 2.67. The molecule has 0 aromatic heterocycles. The highest BCUT2D eigenvalue weighted by Crippen LogP contribution is 2.34. The normalized spacial score (nSPS) is 24.2. The molecule has 0 heterocycles. The van der Waals surface area contributed by atoms with Crippen molar-refractivity contribution in [1.82, 2.24) is 5.32 Å². The minimum Gasteiger partial charge on any atom is -0.319 e. The summed E-state index contributed by atoms with van der Waals surface area (Å²) in [6, 6.07) is 0. The smallest absolute Gasteiger partial charge is 0.00235 e. The van der Waals surface area contributed by atoms with Crippen LogP contribution >= 0.6 is 0 Å². The zero-order valence-electron chi connectivity index (χ0n) is 8.77. The number of rotatable bonds is 4. The number of hydrogen-bond donors (Lipinski definition) is 1. The summed E-state index contributed by atoms with van der Waals surface area (Å²) in [6.45, 7) is 5.98. The first kappa shape index (κ1) is 10.0. The van der Waals surface area contributed by atoms with E-state index >= 15 is 0 Å². The van der Waals surface area contributed by atoms with Gasteiger partial charge in [-0.1, -0.05) is 39.5 Å². The first-order valence-electron chi connectivity index (χ1n) is 5.40. The first-order valence-corrected chi connectivity index (χ1v) is 5.40. The minimum absolute atomic E-state index is 0.845. The molecule has 1 heteroatoms. The van der Waals surface area contributed by atoms with Crippen LogP contribution in [0.2, 0.25) is 0 Å². The molecule has 1 aliphatic rings. The van der Waals surface area contributed by atoms with Crippen LogP contribution in [-0.4, -0.2) is 13.6 Å². The summed E-state index contributed by atoms with van der Waals surface area (Å²) >= 11 is 0. The van der Waals surface area contributed by atoms with Crippen molar-refractivity contribution in [3.63, 3.8) is 0 Å². The maximum Gasteiger partial charge on any atom is -0.00235 e. The molecule has 1 fully saturated rings. The second kappa shape index (κ2) is 4.86. The van der Waals surface area contributed by atoms with E-state index in [1.54, 1.807) is 0 Å². The molecule has 0 bridgehead atoms. The van der Waals surface area contributed by atoms with Crippen LogP contribution in [0.3, 0.4) is 0 Å². The maximum absolute atomic E-state index is 3.27. The Balaban J connectivity index is 2.29. The fourth-order valence-corrected chi connectivity index (χ4v) is 2.46. The van der Waals surface area contributed by atoms with E-state index in [2.05, 4.69) is 26.2 Å². The molecule has 1 nitrogen and oxygen atoms in total. The lowest BCUT2D eigenvalue weighted by molar-refractivity contribution is 0.262. The van der Waals surface area contributed by atoms with Gasteiger partial charge in [-0.25, -0.2) is 0 Å². The zero-order valence-corrected chi connectivity index (χ0v) is 8.77. The van der Waals surface area contributed by atoms with Gasteiger partial charge in [0.25, 0.3) is 0 Å². The Kier molecular flexibility index (Phi) is 4.07. The van der Waals surface area contributed by atoms with Gasteiger partial charge in [0.1, 0.15) is 0 Å². The van der Waals surface area contributed by atoms with E-state index in [0.29, 0.717) is 0 Å². The highest BCUT2D eigenvalue weighted by Gasteiger charge is 2.24. The highest BCUT2D eigenvalue weighted by atomic mass is 14.8. The fraction of sp³-hybridized carbons (Fsp3) is 1.00. The van der Waals surface area contributed by atoms with Crippen molar-refractivity contribution in [2.75, 3.05) is 13.6 Å². The Hall–Kier alpha value is -0.0400. The van der Waals surface area contributed by atoms with Gasteiger partial charge in [-0.3, -0.25) is 0 Å². The zero-order chi connectivity index (χ0) is 8.97. The van der Waals surface area contributed by atoms with Crippen LogP contribution in [0.25, 0.3) is 0 Å². The largest absolute Gasteiger partial charge is 0.319 e. The summed E-state index contributed by atoms with van der Waals surface area (Å²) < 4.78 is 0. The van der Waals surface area contributed by atoms with Gasteiger partial charge in [0.05, 0.1) is 0 Å². The third kappa shape index (κ3) is 2.48. The molecule has 0 amide bonds. The maximum atomic E-state index is 3.27. The molecular weight excluding hydrogens is 146 g/mol. The third-order valence-electron chi connectivity index (χ3n) is 3.57. The summed E-state index contributed by atoms with van der Waals surface area (Å²) in [6.07, 6.45) is 5.91. The molecule has 1 N–H and O–H groups in total. The van der Waals surface area contributed by atoms with Crippen molar-refractivity contribution < 1.29 is 0 Å². The van der Waals surface area contributed by atoms with E-state index in [-0.39, 0.29) is 0 Å². The summed E-state index contributed by atoms with van der Waals surface area (Å²) in [5.74, 6) is 2.78. The Morgan fingerprint density at radius 1 is 1.25 bits per heavy atom. The SMILES string of the molecule is CNCC(C)C(C)C1CCCC1. The number of nitrogens with one attached hydrogen (secondary N) is 1. The van der Waals surface area contributed by atoms with E-state index in [1.165, 1.54) is 32.2 Å². The van der Waals surface area contributed by atoms with Crippen LogP contribution in [0.4, 0.5) is 0 Å². The Morgan fingerprint density at radius 2 is 1.83 bits per heavy atom. The molecule has 0 saturated heterocycles. The molecule has 0 aromatic rings. The minimum atomic E-state index is 0.845. The van der Waals surface area contributed by atoms with Crippen molar-refractivity contribution in [2.24, 2.45) is 17.8 Å². The molecule has 1 saturated carbocycles. The van der Waals surface area contributed by atoms with E-state index in [1.807, 2.05) is 0 Å². The van der Waals surface area contributed by atoms with E-state index in [4.69, 9.17) is 0 Å². The van der Waals surface area contributed by atoms with Gasteiger partial charge in [-0.15, -0.1) is 0 Å². The molecule has 0 spiro atoms. The lowest BCUT2D eigenvalue weighted by Crippen LogP contribution is -2.25. The van der Waals surface area contributed by atoms with Gasteiger partial charge >= 0.3 is 0 Å². The summed E-state index contributed by atoms with van der Waals surface area (Å²) in [7, 11) is 2.05. The molecule has 12 heavy (non-hydrogen) atoms. The molecule has 2 atom stereocenters. The first-order chi connectivity index (χ1) is 5.75. The second-order valence-corrected chi connectivity index (χ2v) is 4.44. The summed E-state index contributed by atoms with van der Waals surface area (Å²) in [4.78, 5) is 0. The average molecular weight is 169 g/mol. The van der Waals surface area contributed by atoms with Crippen LogP contribution < -0.4 is 5.32 Å². The number of hydrogen-bond acceptors (Lipinski definition) is 1. The Bertz CT molecular complexity index is 116. The van der Waals surface area contributed by atoms with E-state index < -0.39 is 0 Å². The van der Waals surface area contributed by atoms with Crippen LogP contribution in [0.1, 0.15) is 39.5 Å². The molecule has 2 unspecified atom stereocenters. The molecular formula is C11H23N. The topological polar surface area (TPSA) is 12.0 Å². The van der Waals surface area contributed by atoms with Gasteiger partial charge in [0.15, 0.2) is 0 Å². The van der Waals surface area contributed by atoms with Gasteiger partial charge in [0.2, 0.25) is 0 Å². The predicted molar refractivity (Wildman–Crippen MR) is 54.2 cm³/mol. The van der Waals surface area contributed by atoms with E-state index in [0.717, 1.165) is 17.8 Å². The summed E-state index contributed by atoms with van der Waals surface area (Å²) in [5, 5.41) is 3.27. The molecule has 1 rings (SSSR count). The second-order valence-electron chi connectivity index (χ2n) is 4.44. The van der Waals surface area contributed by atoms with Crippen molar-refractivity contribution >= 4 is 0 Å². The molecule has 72 valence electrons. The quantitative estimate of drug-likeness (QED) is 0.682. The third-order valence-corrected chi connectivity index (χ3v) is 3.57. The van der Waals surface area contributed by atoms with Crippen LogP contribution in [0.15, 0.2) is 0 Å². The Labute approximate surface area is 76.9 Å². The highest BCUT2D eigenvalue weighted by molar-refractivity contribution is 4.76. The van der Waals surface area contributed by atoms with Crippen molar-refractivity contribution in [2.45, 2.75) is 39.5 Å². The monoisotopic (exact) mass is 169 g/mol. The molecule has 0 aromatic carbocycles. The molecule has 1 aliphatic carbocycles. The van der Waals surface area contributed by atoms with Crippen LogP contribution in [0, 0.1) is 17.8 Å². The standard InChI is InChI=1S/C11H23N/c1-9(8-12-3)10(2)11-6-4-5-7-11/h9-12H,4-8H2,1-3H3. The van der Waals surface area contributed by atoms with Crippen LogP contribution in [-0.2, 0) is 0 Å². The van der Waals surface area contributed by atoms with Crippen molar-refractivity contribution in [1.29, 1.82) is 0 Å². The summed E-state index contributed by atoms with van der Waals surface area (Å²) in [5.41, 5.74) is 0.